The monoisotopic (exact) mass is 559 g/mol. The van der Waals surface area contributed by atoms with Crippen molar-refractivity contribution in [3.63, 3.8) is 0 Å². The Morgan fingerprint density at radius 1 is 1.02 bits per heavy atom. The summed E-state index contributed by atoms with van der Waals surface area (Å²) in [5.41, 5.74) is 3.77. The van der Waals surface area contributed by atoms with E-state index >= 15 is 0 Å². The van der Waals surface area contributed by atoms with Crippen LogP contribution in [0.2, 0.25) is 0 Å². The van der Waals surface area contributed by atoms with E-state index in [1.807, 2.05) is 30.3 Å². The van der Waals surface area contributed by atoms with Crippen molar-refractivity contribution >= 4 is 21.9 Å². The molecule has 1 heterocycles. The number of nitrogens with zero attached hydrogens (tertiary/aromatic N) is 1. The Morgan fingerprint density at radius 3 is 2.33 bits per heavy atom. The Morgan fingerprint density at radius 2 is 1.70 bits per heavy atom. The molecule has 3 aromatic rings. The van der Waals surface area contributed by atoms with E-state index in [0.29, 0.717) is 37.2 Å². The highest BCUT2D eigenvalue weighted by Crippen LogP contribution is 2.48. The van der Waals surface area contributed by atoms with Crippen molar-refractivity contribution in [3.05, 3.63) is 107 Å². The van der Waals surface area contributed by atoms with Gasteiger partial charge in [0.05, 0.1) is 10.9 Å². The summed E-state index contributed by atoms with van der Waals surface area (Å²) in [5.74, 6) is -0.439. The van der Waals surface area contributed by atoms with E-state index in [0.717, 1.165) is 16.8 Å². The van der Waals surface area contributed by atoms with Crippen molar-refractivity contribution < 1.29 is 12.8 Å². The Hall–Kier alpha value is -3.29. The van der Waals surface area contributed by atoms with Gasteiger partial charge in [-0.3, -0.25) is 0 Å². The molecule has 0 bridgehead atoms. The third-order valence-electron chi connectivity index (χ3n) is 8.39. The smallest absolute Gasteiger partial charge is 0.243 e. The average Bonchev–Trinajstić information content (AvgIpc) is 2.94. The molecule has 2 aliphatic rings. The van der Waals surface area contributed by atoms with E-state index in [9.17, 15) is 12.8 Å². The van der Waals surface area contributed by atoms with E-state index in [2.05, 4.69) is 44.3 Å². The minimum absolute atomic E-state index is 0.0603. The summed E-state index contributed by atoms with van der Waals surface area (Å²) < 4.78 is 43.0. The lowest BCUT2D eigenvalue weighted by Crippen LogP contribution is -2.52. The first-order valence-corrected chi connectivity index (χ1v) is 15.3. The molecule has 40 heavy (non-hydrogen) atoms. The summed E-state index contributed by atoms with van der Waals surface area (Å²) in [6.45, 7) is 7.12. The number of benzene rings is 3. The number of nitrogens with one attached hydrogen (secondary N) is 2. The van der Waals surface area contributed by atoms with Gasteiger partial charge in [0.2, 0.25) is 10.0 Å². The summed E-state index contributed by atoms with van der Waals surface area (Å²) >= 11 is 0. The third kappa shape index (κ3) is 5.77. The minimum atomic E-state index is -3.70. The van der Waals surface area contributed by atoms with E-state index in [4.69, 9.17) is 5.41 Å². The molecule has 1 aliphatic carbocycles. The molecule has 1 aliphatic heterocycles. The SMILES string of the molecule is CC(C)(C)c1ccc(S(=O)(=O)N2CCC3=CC(Nc4ccc(F)cc4)C(C=N)CC3(Cc3ccccc3)C2)cc1. The predicted molar refractivity (Wildman–Crippen MR) is 160 cm³/mol. The number of halogens is 1. The highest BCUT2D eigenvalue weighted by molar-refractivity contribution is 7.89. The van der Waals surface area contributed by atoms with Crippen LogP contribution in [-0.2, 0) is 21.9 Å². The lowest BCUT2D eigenvalue weighted by atomic mass is 9.62. The van der Waals surface area contributed by atoms with Crippen LogP contribution in [-0.4, -0.2) is 38.1 Å². The summed E-state index contributed by atoms with van der Waals surface area (Å²) in [6, 6.07) is 23.6. The van der Waals surface area contributed by atoms with Gasteiger partial charge in [-0.05, 0) is 72.2 Å². The summed E-state index contributed by atoms with van der Waals surface area (Å²) in [7, 11) is -3.70. The minimum Gasteiger partial charge on any atom is -0.378 e. The van der Waals surface area contributed by atoms with Gasteiger partial charge in [0.15, 0.2) is 0 Å². The average molecular weight is 560 g/mol. The van der Waals surface area contributed by atoms with Crippen molar-refractivity contribution in [2.45, 2.75) is 56.4 Å². The molecular formula is C33H38FN3O2S. The van der Waals surface area contributed by atoms with Gasteiger partial charge in [0.25, 0.3) is 0 Å². The highest BCUT2D eigenvalue weighted by Gasteiger charge is 2.47. The van der Waals surface area contributed by atoms with Gasteiger partial charge >= 0.3 is 0 Å². The predicted octanol–water partition coefficient (Wildman–Crippen LogP) is 6.82. The fraction of sp³-hybridized carbons (Fsp3) is 0.364. The van der Waals surface area contributed by atoms with Crippen LogP contribution in [0.1, 0.15) is 44.7 Å². The molecule has 0 spiro atoms. The Bertz CT molecular complexity index is 1480. The van der Waals surface area contributed by atoms with E-state index in [1.54, 1.807) is 28.6 Å². The van der Waals surface area contributed by atoms with Crippen molar-refractivity contribution in [2.24, 2.45) is 11.3 Å². The standard InChI is InChI=1S/C33H38FN3O2S/c1-32(2,3)26-9-15-30(16-10-26)40(38,39)37-18-17-27-19-31(36-29-13-11-28(34)12-14-29)25(22-35)21-33(27,23-37)20-24-7-5-4-6-8-24/h4-16,19,22,25,31,35-36H,17-18,20-21,23H2,1-3H3. The first-order valence-electron chi connectivity index (χ1n) is 13.9. The third-order valence-corrected chi connectivity index (χ3v) is 10.3. The molecule has 210 valence electrons. The fourth-order valence-corrected chi connectivity index (χ4v) is 7.69. The van der Waals surface area contributed by atoms with Crippen LogP contribution >= 0.6 is 0 Å². The van der Waals surface area contributed by atoms with Gasteiger partial charge in [0, 0.05) is 36.3 Å². The van der Waals surface area contributed by atoms with Gasteiger partial charge in [-0.1, -0.05) is 74.9 Å². The Kier molecular flexibility index (Phi) is 7.73. The number of piperidine rings is 1. The molecule has 0 aromatic heterocycles. The van der Waals surface area contributed by atoms with E-state index in [1.165, 1.54) is 23.9 Å². The second-order valence-corrected chi connectivity index (χ2v) is 14.1. The van der Waals surface area contributed by atoms with Crippen molar-refractivity contribution in [2.75, 3.05) is 18.4 Å². The molecule has 2 N–H and O–H groups in total. The van der Waals surface area contributed by atoms with Gasteiger partial charge < -0.3 is 10.7 Å². The van der Waals surface area contributed by atoms with Gasteiger partial charge in [-0.2, -0.15) is 4.31 Å². The van der Waals surface area contributed by atoms with Crippen LogP contribution in [0.5, 0.6) is 0 Å². The summed E-state index contributed by atoms with van der Waals surface area (Å²) in [6.07, 6.45) is 5.64. The van der Waals surface area contributed by atoms with E-state index < -0.39 is 15.4 Å². The maximum Gasteiger partial charge on any atom is 0.243 e. The molecule has 0 saturated carbocycles. The van der Waals surface area contributed by atoms with Gasteiger partial charge in [-0.25, -0.2) is 12.8 Å². The van der Waals surface area contributed by atoms with Crippen LogP contribution in [0.25, 0.3) is 0 Å². The lowest BCUT2D eigenvalue weighted by molar-refractivity contribution is 0.171. The highest BCUT2D eigenvalue weighted by atomic mass is 32.2. The Labute approximate surface area is 237 Å². The first kappa shape index (κ1) is 28.2. The van der Waals surface area contributed by atoms with Crippen LogP contribution < -0.4 is 5.32 Å². The topological polar surface area (TPSA) is 73.3 Å². The number of anilines is 1. The van der Waals surface area contributed by atoms with Crippen molar-refractivity contribution in [3.8, 4) is 0 Å². The van der Waals surface area contributed by atoms with Crippen LogP contribution in [0, 0.1) is 22.6 Å². The molecule has 5 nitrogen and oxygen atoms in total. The van der Waals surface area contributed by atoms with Gasteiger partial charge in [0.1, 0.15) is 5.82 Å². The molecular weight excluding hydrogens is 521 g/mol. The number of hydrogen-bond acceptors (Lipinski definition) is 4. The quantitative estimate of drug-likeness (QED) is 0.246. The normalized spacial score (nSPS) is 23.6. The second-order valence-electron chi connectivity index (χ2n) is 12.2. The molecule has 3 aromatic carbocycles. The lowest BCUT2D eigenvalue weighted by Gasteiger charge is -2.50. The molecule has 0 amide bonds. The second kappa shape index (κ2) is 10.9. The van der Waals surface area contributed by atoms with Crippen LogP contribution in [0.3, 0.4) is 0 Å². The number of hydrogen-bond donors (Lipinski definition) is 2. The maximum absolute atomic E-state index is 13.9. The Balaban J connectivity index is 1.49. The molecule has 5 rings (SSSR count). The molecule has 1 saturated heterocycles. The molecule has 1 fully saturated rings. The van der Waals surface area contributed by atoms with Crippen molar-refractivity contribution in [1.29, 1.82) is 5.41 Å². The summed E-state index contributed by atoms with van der Waals surface area (Å²) in [5, 5.41) is 11.8. The zero-order valence-electron chi connectivity index (χ0n) is 23.4. The van der Waals surface area contributed by atoms with Crippen LogP contribution in [0.4, 0.5) is 10.1 Å². The number of sulfonamides is 1. The zero-order chi connectivity index (χ0) is 28.5. The molecule has 3 unspecified atom stereocenters. The zero-order valence-corrected chi connectivity index (χ0v) is 24.2. The van der Waals surface area contributed by atoms with Crippen molar-refractivity contribution in [1.82, 2.24) is 4.31 Å². The molecule has 0 radical (unpaired) electrons. The summed E-state index contributed by atoms with van der Waals surface area (Å²) in [4.78, 5) is 0.318. The first-order chi connectivity index (χ1) is 19.0. The van der Waals surface area contributed by atoms with E-state index in [-0.39, 0.29) is 23.2 Å². The number of rotatable bonds is 7. The maximum atomic E-state index is 13.9. The largest absolute Gasteiger partial charge is 0.378 e. The number of fused-ring (bicyclic) bond motifs is 1. The molecule has 3 atom stereocenters. The van der Waals surface area contributed by atoms with Crippen LogP contribution in [0.15, 0.2) is 95.4 Å². The fourth-order valence-electron chi connectivity index (χ4n) is 6.16. The van der Waals surface area contributed by atoms with Gasteiger partial charge in [-0.15, -0.1) is 0 Å². The molecule has 7 heteroatoms.